The van der Waals surface area contributed by atoms with E-state index in [-0.39, 0.29) is 73.6 Å². The third-order valence-electron chi connectivity index (χ3n) is 22.4. The van der Waals surface area contributed by atoms with Crippen molar-refractivity contribution in [3.05, 3.63) is 498 Å². The molecule has 19 heteroatoms. The SMILES string of the molecule is CCOC(=O)C(C)c1ccc(-c2n[nH]c(=O)c3ccccc23)cc1.CCOC(=O)C(C)c1ccc(B2OC(C)(C)C(C)(C)O2)cc1.O=c1[nH]nc(Cl)c2ccccc12.[Pd].c1ccc(P(c2ccccc2)c2ccccc2)cc1.c1ccc(P(c2ccccc2)c2ccccc2)cc1.c1ccc(P(c2ccccc2)c2ccccc2)cc1.c1ccc(P(c2ccccc2)c2ccccc2)cc1. The number of aromatic amines is 2. The van der Waals surface area contributed by atoms with Crippen LogP contribution in [-0.4, -0.2) is 63.9 Å². The summed E-state index contributed by atoms with van der Waals surface area (Å²) in [4.78, 5) is 46.6. The standard InChI is InChI=1S/C19H18N2O3.4C18H15P.C17H25BO4.C8H5ClN2O.Pd/c1-3-24-19(23)12(2)13-8-10-14(11-9-13)17-15-6-4-5-7-16(15)18(22)21-20-17;4*1-4-10-16(11-5-1)19(17-12-6-2-7-13-17)18-14-8-3-9-15-18;1-7-20-15(19)12(2)13-8-10-14(11-9-13)18-21-16(3,4)17(5,6)22-18;9-7-5-3-1-2-4-6(5)8(12)11-10-7;/h4-12H,3H2,1-2H3,(H,21,22);4*1-15H;8-12H,7H2,1-6H3;1-4H,(H,11,12);. The van der Waals surface area contributed by atoms with Gasteiger partial charge in [-0.05, 0) is 179 Å². The largest absolute Gasteiger partial charge is 0.494 e. The van der Waals surface area contributed by atoms with E-state index >= 15 is 0 Å². The van der Waals surface area contributed by atoms with E-state index in [2.05, 4.69) is 384 Å². The molecule has 2 N–H and O–H groups in total. The van der Waals surface area contributed by atoms with Gasteiger partial charge in [0.1, 0.15) is 0 Å². The van der Waals surface area contributed by atoms with Crippen molar-refractivity contribution < 1.29 is 48.8 Å². The van der Waals surface area contributed by atoms with Crippen molar-refractivity contribution in [2.75, 3.05) is 13.2 Å². The van der Waals surface area contributed by atoms with Gasteiger partial charge in [0.25, 0.3) is 11.1 Å². The van der Waals surface area contributed by atoms with Gasteiger partial charge in [-0.15, -0.1) is 0 Å². The fraction of sp³-hybridized carbons (Fsp3) is 0.121. The molecule has 0 saturated carbocycles. The molecule has 1 fully saturated rings. The van der Waals surface area contributed by atoms with Gasteiger partial charge in [0.15, 0.2) is 5.15 Å². The van der Waals surface area contributed by atoms with Crippen molar-refractivity contribution in [2.45, 2.75) is 78.4 Å². The van der Waals surface area contributed by atoms with Gasteiger partial charge in [0.05, 0.1) is 52.7 Å². The van der Waals surface area contributed by atoms with E-state index in [9.17, 15) is 19.2 Å². The van der Waals surface area contributed by atoms with Gasteiger partial charge in [0.2, 0.25) is 0 Å². The summed E-state index contributed by atoms with van der Waals surface area (Å²) < 4.78 is 22.2. The van der Waals surface area contributed by atoms with Crippen LogP contribution in [0.5, 0.6) is 0 Å². The number of hydrogen-bond donors (Lipinski definition) is 2. The molecule has 1 aliphatic heterocycles. The molecule has 0 aliphatic carbocycles. The van der Waals surface area contributed by atoms with Gasteiger partial charge < -0.3 is 18.8 Å². The Morgan fingerprint density at radius 3 is 0.756 bits per heavy atom. The molecular weight excluding hydrogens is 1850 g/mol. The molecule has 0 bridgehead atoms. The molecule has 3 heterocycles. The average molecular weight is 1960 g/mol. The van der Waals surface area contributed by atoms with E-state index in [0.29, 0.717) is 40.2 Å². The first kappa shape index (κ1) is 101. The number of nitrogens with one attached hydrogen (secondary N) is 2. The zero-order chi connectivity index (χ0) is 93.9. The van der Waals surface area contributed by atoms with Gasteiger partial charge in [-0.1, -0.05) is 461 Å². The molecule has 16 aromatic carbocycles. The summed E-state index contributed by atoms with van der Waals surface area (Å²) in [5.74, 6) is -1.03. The van der Waals surface area contributed by atoms with E-state index in [0.717, 1.165) is 27.5 Å². The van der Waals surface area contributed by atoms with Crippen LogP contribution in [-0.2, 0) is 48.8 Å². The normalized spacial score (nSPS) is 12.4. The molecule has 680 valence electrons. The summed E-state index contributed by atoms with van der Waals surface area (Å²) in [6.45, 7) is 16.2. The third kappa shape index (κ3) is 28.0. The van der Waals surface area contributed by atoms with Crippen LogP contribution in [0.4, 0.5) is 0 Å². The maximum atomic E-state index is 11.9. The molecular formula is C116H108BClN4O8P4Pd. The van der Waals surface area contributed by atoms with Crippen molar-refractivity contribution in [3.8, 4) is 11.3 Å². The number of esters is 2. The van der Waals surface area contributed by atoms with Crippen LogP contribution >= 0.6 is 43.3 Å². The quantitative estimate of drug-likeness (QED) is 0.0427. The molecule has 0 amide bonds. The number of fused-ring (bicyclic) bond motifs is 2. The number of ether oxygens (including phenoxy) is 2. The second-order valence-electron chi connectivity index (χ2n) is 32.0. The topological polar surface area (TPSA) is 163 Å². The van der Waals surface area contributed by atoms with E-state index < -0.39 is 31.7 Å². The van der Waals surface area contributed by atoms with Crippen LogP contribution in [0.1, 0.15) is 78.4 Å². The molecule has 12 nitrogen and oxygen atoms in total. The average Bonchev–Trinajstić information content (AvgIpc) is 1.60. The predicted octanol–water partition coefficient (Wildman–Crippen LogP) is 21.3. The molecule has 0 spiro atoms. The summed E-state index contributed by atoms with van der Waals surface area (Å²) in [7, 11) is -2.16. The molecule has 19 rings (SSSR count). The van der Waals surface area contributed by atoms with E-state index in [1.54, 1.807) is 31.2 Å². The zero-order valence-corrected chi connectivity index (χ0v) is 82.6. The number of aromatic nitrogens is 4. The first-order valence-electron chi connectivity index (χ1n) is 44.7. The Kier molecular flexibility index (Phi) is 38.9. The van der Waals surface area contributed by atoms with Crippen LogP contribution in [0.3, 0.4) is 0 Å². The Morgan fingerprint density at radius 1 is 0.311 bits per heavy atom. The molecule has 0 radical (unpaired) electrons. The number of benzene rings is 16. The van der Waals surface area contributed by atoms with Crippen molar-refractivity contribution >= 4 is 153 Å². The number of carbonyl (C=O) groups is 2. The molecule has 2 atom stereocenters. The van der Waals surface area contributed by atoms with Crippen molar-refractivity contribution in [1.29, 1.82) is 0 Å². The first-order valence-corrected chi connectivity index (χ1v) is 50.4. The number of halogens is 1. The molecule has 18 aromatic rings. The fourth-order valence-electron chi connectivity index (χ4n) is 14.8. The Bertz CT molecular complexity index is 5880. The predicted molar refractivity (Wildman–Crippen MR) is 568 cm³/mol. The Labute approximate surface area is 816 Å². The van der Waals surface area contributed by atoms with Crippen LogP contribution in [0.2, 0.25) is 5.15 Å². The Morgan fingerprint density at radius 2 is 0.519 bits per heavy atom. The van der Waals surface area contributed by atoms with Crippen molar-refractivity contribution in [3.63, 3.8) is 0 Å². The van der Waals surface area contributed by atoms with E-state index in [1.165, 1.54) is 63.7 Å². The molecule has 1 saturated heterocycles. The molecule has 2 unspecified atom stereocenters. The number of hydrogen-bond acceptors (Lipinski definition) is 10. The summed E-state index contributed by atoms with van der Waals surface area (Å²) >= 11 is 5.75. The van der Waals surface area contributed by atoms with Crippen molar-refractivity contribution in [2.24, 2.45) is 0 Å². The zero-order valence-electron chi connectivity index (χ0n) is 76.7. The van der Waals surface area contributed by atoms with Gasteiger partial charge in [-0.2, -0.15) is 10.2 Å². The summed E-state index contributed by atoms with van der Waals surface area (Å²) in [6, 6.07) is 159. The van der Waals surface area contributed by atoms with Crippen LogP contribution in [0.15, 0.2) is 471 Å². The Hall–Kier alpha value is -12.6. The molecule has 2 aromatic heterocycles. The second-order valence-corrected chi connectivity index (χ2v) is 41.3. The smallest absolute Gasteiger partial charge is 0.466 e. The monoisotopic (exact) mass is 1960 g/mol. The molecule has 1 aliphatic rings. The third-order valence-corrected chi connectivity index (χ3v) is 32.5. The van der Waals surface area contributed by atoms with Crippen LogP contribution in [0, 0.1) is 0 Å². The van der Waals surface area contributed by atoms with Gasteiger partial charge in [0, 0.05) is 36.8 Å². The minimum absolute atomic E-state index is 0. The van der Waals surface area contributed by atoms with Crippen LogP contribution < -0.4 is 80.2 Å². The first-order chi connectivity index (χ1) is 65.4. The number of rotatable bonds is 20. The Balaban J connectivity index is 0.000000142. The minimum Gasteiger partial charge on any atom is -0.466 e. The number of carbonyl (C=O) groups excluding carboxylic acids is 2. The summed E-state index contributed by atoms with van der Waals surface area (Å²) in [5, 5.41) is 32.4. The van der Waals surface area contributed by atoms with Crippen LogP contribution in [0.25, 0.3) is 32.8 Å². The number of H-pyrrole nitrogens is 2. The maximum absolute atomic E-state index is 11.9. The van der Waals surface area contributed by atoms with E-state index in [1.807, 2.05) is 121 Å². The minimum atomic E-state index is -0.446. The van der Waals surface area contributed by atoms with Gasteiger partial charge in [-0.25, -0.2) is 10.2 Å². The fourth-order valence-corrected chi connectivity index (χ4v) is 24.2. The van der Waals surface area contributed by atoms with Gasteiger partial charge in [-0.3, -0.25) is 19.2 Å². The summed E-state index contributed by atoms with van der Waals surface area (Å²) in [6.07, 6.45) is 0. The number of nitrogens with zero attached hydrogens (tertiary/aromatic N) is 2. The van der Waals surface area contributed by atoms with E-state index in [4.69, 9.17) is 30.4 Å². The second kappa shape index (κ2) is 51.8. The van der Waals surface area contributed by atoms with Gasteiger partial charge >= 0.3 is 19.1 Å². The maximum Gasteiger partial charge on any atom is 0.494 e. The summed E-state index contributed by atoms with van der Waals surface area (Å²) in [5.41, 5.74) is 3.23. The van der Waals surface area contributed by atoms with Crippen molar-refractivity contribution in [1.82, 2.24) is 20.4 Å². The molecule has 135 heavy (non-hydrogen) atoms.